The second-order valence-electron chi connectivity index (χ2n) is 5.56. The Morgan fingerprint density at radius 1 is 1.17 bits per heavy atom. The van der Waals surface area contributed by atoms with Gasteiger partial charge < -0.3 is 15.2 Å². The van der Waals surface area contributed by atoms with Gasteiger partial charge in [-0.25, -0.2) is 8.42 Å². The van der Waals surface area contributed by atoms with Crippen LogP contribution < -0.4 is 15.2 Å². The third kappa shape index (κ3) is 3.99. The van der Waals surface area contributed by atoms with Crippen molar-refractivity contribution in [3.05, 3.63) is 18.2 Å². The standard InChI is InChI=1S/C16H24N2O5S/c1-3-22-14-6-5-13(11-15(14)23-4-2)24(20,21)18-9-7-12(8-10-18)16(17)19/h5-6,11-12H,3-4,7-10H2,1-2H3,(H2,17,19). The zero-order valence-corrected chi connectivity index (χ0v) is 14.8. The van der Waals surface area contributed by atoms with Crippen molar-refractivity contribution >= 4 is 15.9 Å². The molecule has 1 aromatic rings. The maximum atomic E-state index is 12.8. The molecule has 134 valence electrons. The summed E-state index contributed by atoms with van der Waals surface area (Å²) in [5.41, 5.74) is 5.29. The minimum absolute atomic E-state index is 0.159. The van der Waals surface area contributed by atoms with Gasteiger partial charge in [-0.05, 0) is 38.8 Å². The van der Waals surface area contributed by atoms with Crippen LogP contribution in [0.2, 0.25) is 0 Å². The first-order valence-electron chi connectivity index (χ1n) is 8.09. The van der Waals surface area contributed by atoms with Gasteiger partial charge in [0.1, 0.15) is 0 Å². The van der Waals surface area contributed by atoms with E-state index in [0.29, 0.717) is 37.6 Å². The second-order valence-corrected chi connectivity index (χ2v) is 7.49. The highest BCUT2D eigenvalue weighted by Gasteiger charge is 2.31. The number of rotatable bonds is 7. The van der Waals surface area contributed by atoms with Crippen LogP contribution in [0.3, 0.4) is 0 Å². The van der Waals surface area contributed by atoms with Crippen LogP contribution in [0.1, 0.15) is 26.7 Å². The molecule has 1 aromatic carbocycles. The predicted molar refractivity (Wildman–Crippen MR) is 89.5 cm³/mol. The fraction of sp³-hybridized carbons (Fsp3) is 0.562. The third-order valence-corrected chi connectivity index (χ3v) is 5.90. The van der Waals surface area contributed by atoms with Gasteiger partial charge in [-0.3, -0.25) is 4.79 Å². The predicted octanol–water partition coefficient (Wildman–Crippen LogP) is 1.37. The Labute approximate surface area is 142 Å². The van der Waals surface area contributed by atoms with Crippen molar-refractivity contribution in [3.63, 3.8) is 0 Å². The van der Waals surface area contributed by atoms with E-state index in [2.05, 4.69) is 0 Å². The summed E-state index contributed by atoms with van der Waals surface area (Å²) in [4.78, 5) is 11.4. The molecule has 1 heterocycles. The van der Waals surface area contributed by atoms with Crippen molar-refractivity contribution in [2.75, 3.05) is 26.3 Å². The summed E-state index contributed by atoms with van der Waals surface area (Å²) in [7, 11) is -3.64. The number of hydrogen-bond acceptors (Lipinski definition) is 5. The van der Waals surface area contributed by atoms with E-state index in [4.69, 9.17) is 15.2 Å². The maximum absolute atomic E-state index is 12.8. The Bertz CT molecular complexity index is 682. The van der Waals surface area contributed by atoms with Gasteiger partial charge in [0.15, 0.2) is 11.5 Å². The summed E-state index contributed by atoms with van der Waals surface area (Å²) >= 11 is 0. The molecule has 0 bridgehead atoms. The zero-order chi connectivity index (χ0) is 17.7. The highest BCUT2D eigenvalue weighted by molar-refractivity contribution is 7.89. The average molecular weight is 356 g/mol. The van der Waals surface area contributed by atoms with Crippen molar-refractivity contribution in [1.29, 1.82) is 0 Å². The monoisotopic (exact) mass is 356 g/mol. The van der Waals surface area contributed by atoms with E-state index in [1.807, 2.05) is 13.8 Å². The van der Waals surface area contributed by atoms with Crippen LogP contribution in [-0.2, 0) is 14.8 Å². The smallest absolute Gasteiger partial charge is 0.243 e. The average Bonchev–Trinajstić information content (AvgIpc) is 2.57. The van der Waals surface area contributed by atoms with Gasteiger partial charge in [-0.1, -0.05) is 0 Å². The van der Waals surface area contributed by atoms with Gasteiger partial charge in [0, 0.05) is 25.1 Å². The molecule has 1 aliphatic heterocycles. The number of ether oxygens (including phenoxy) is 2. The summed E-state index contributed by atoms with van der Waals surface area (Å²) in [6.45, 7) is 5.12. The van der Waals surface area contributed by atoms with Gasteiger partial charge in [-0.2, -0.15) is 4.31 Å². The SMILES string of the molecule is CCOc1ccc(S(=O)(=O)N2CCC(C(N)=O)CC2)cc1OCC. The minimum atomic E-state index is -3.64. The van der Waals surface area contributed by atoms with Crippen LogP contribution in [0, 0.1) is 5.92 Å². The molecule has 0 spiro atoms. The lowest BCUT2D eigenvalue weighted by Crippen LogP contribution is -2.41. The molecule has 1 saturated heterocycles. The fourth-order valence-corrected chi connectivity index (χ4v) is 4.21. The van der Waals surface area contributed by atoms with Crippen molar-refractivity contribution in [3.8, 4) is 11.5 Å². The maximum Gasteiger partial charge on any atom is 0.243 e. The quantitative estimate of drug-likeness (QED) is 0.795. The molecule has 0 saturated carbocycles. The summed E-state index contributed by atoms with van der Waals surface area (Å²) in [5, 5.41) is 0. The van der Waals surface area contributed by atoms with E-state index in [1.54, 1.807) is 6.07 Å². The van der Waals surface area contributed by atoms with Crippen LogP contribution in [0.5, 0.6) is 11.5 Å². The van der Waals surface area contributed by atoms with E-state index < -0.39 is 10.0 Å². The molecule has 0 aliphatic carbocycles. The molecule has 1 aliphatic rings. The molecule has 0 radical (unpaired) electrons. The summed E-state index contributed by atoms with van der Waals surface area (Å²) in [6.07, 6.45) is 0.897. The summed E-state index contributed by atoms with van der Waals surface area (Å²) in [5.74, 6) is 0.306. The summed E-state index contributed by atoms with van der Waals surface area (Å²) < 4.78 is 37.9. The van der Waals surface area contributed by atoms with E-state index in [-0.39, 0.29) is 29.8 Å². The number of piperidine rings is 1. The van der Waals surface area contributed by atoms with Gasteiger partial charge in [-0.15, -0.1) is 0 Å². The third-order valence-electron chi connectivity index (χ3n) is 4.01. The number of hydrogen-bond donors (Lipinski definition) is 1. The number of carbonyl (C=O) groups excluding carboxylic acids is 1. The molecule has 2 N–H and O–H groups in total. The van der Waals surface area contributed by atoms with Crippen molar-refractivity contribution in [2.45, 2.75) is 31.6 Å². The Morgan fingerprint density at radius 3 is 2.29 bits per heavy atom. The lowest BCUT2D eigenvalue weighted by molar-refractivity contribution is -0.122. The van der Waals surface area contributed by atoms with Crippen LogP contribution in [-0.4, -0.2) is 44.9 Å². The Balaban J connectivity index is 2.23. The molecule has 2 rings (SSSR count). The van der Waals surface area contributed by atoms with Crippen LogP contribution in [0.4, 0.5) is 0 Å². The Morgan fingerprint density at radius 2 is 1.75 bits per heavy atom. The molecule has 1 amide bonds. The number of primary amides is 1. The Kier molecular flexibility index (Phi) is 6.06. The molecule has 7 nitrogen and oxygen atoms in total. The van der Waals surface area contributed by atoms with Crippen LogP contribution in [0.15, 0.2) is 23.1 Å². The normalized spacial score (nSPS) is 16.8. The van der Waals surface area contributed by atoms with Crippen molar-refractivity contribution in [1.82, 2.24) is 4.31 Å². The first-order valence-corrected chi connectivity index (χ1v) is 9.53. The molecular weight excluding hydrogens is 332 g/mol. The van der Waals surface area contributed by atoms with Gasteiger partial charge >= 0.3 is 0 Å². The van der Waals surface area contributed by atoms with E-state index >= 15 is 0 Å². The van der Waals surface area contributed by atoms with Crippen LogP contribution >= 0.6 is 0 Å². The first kappa shape index (κ1) is 18.5. The molecule has 0 aromatic heterocycles. The largest absolute Gasteiger partial charge is 0.490 e. The van der Waals surface area contributed by atoms with E-state index in [0.717, 1.165) is 0 Å². The number of sulfonamides is 1. The van der Waals surface area contributed by atoms with Crippen molar-refractivity contribution < 1.29 is 22.7 Å². The molecule has 1 fully saturated rings. The van der Waals surface area contributed by atoms with E-state index in [9.17, 15) is 13.2 Å². The fourth-order valence-electron chi connectivity index (χ4n) is 2.72. The number of benzene rings is 1. The Hall–Kier alpha value is -1.80. The highest BCUT2D eigenvalue weighted by Crippen LogP contribution is 2.32. The zero-order valence-electron chi connectivity index (χ0n) is 14.0. The molecule has 0 atom stereocenters. The lowest BCUT2D eigenvalue weighted by Gasteiger charge is -2.29. The molecule has 0 unspecified atom stereocenters. The van der Waals surface area contributed by atoms with Gasteiger partial charge in [0.2, 0.25) is 15.9 Å². The van der Waals surface area contributed by atoms with Crippen molar-refractivity contribution in [2.24, 2.45) is 11.7 Å². The van der Waals surface area contributed by atoms with Crippen LogP contribution in [0.25, 0.3) is 0 Å². The number of amides is 1. The number of nitrogens with zero attached hydrogens (tertiary/aromatic N) is 1. The molecule has 24 heavy (non-hydrogen) atoms. The van der Waals surface area contributed by atoms with Gasteiger partial charge in [0.05, 0.1) is 18.1 Å². The molecular formula is C16H24N2O5S. The topological polar surface area (TPSA) is 98.9 Å². The van der Waals surface area contributed by atoms with E-state index in [1.165, 1.54) is 16.4 Å². The first-order chi connectivity index (χ1) is 11.4. The second kappa shape index (κ2) is 7.85. The minimum Gasteiger partial charge on any atom is -0.490 e. The lowest BCUT2D eigenvalue weighted by atomic mass is 9.98. The number of nitrogens with two attached hydrogens (primary N) is 1. The summed E-state index contributed by atoms with van der Waals surface area (Å²) in [6, 6.07) is 4.62. The highest BCUT2D eigenvalue weighted by atomic mass is 32.2. The number of carbonyl (C=O) groups is 1. The van der Waals surface area contributed by atoms with Gasteiger partial charge in [0.25, 0.3) is 0 Å². The molecule has 8 heteroatoms.